The molecular formula is C25H23ClN4O5. The van der Waals surface area contributed by atoms with Crippen LogP contribution in [-0.4, -0.2) is 46.2 Å². The molecule has 0 aliphatic heterocycles. The van der Waals surface area contributed by atoms with Crippen LogP contribution in [0.15, 0.2) is 64.5 Å². The van der Waals surface area contributed by atoms with E-state index in [0.29, 0.717) is 41.5 Å². The van der Waals surface area contributed by atoms with Crippen LogP contribution < -0.4 is 11.0 Å². The standard InChI is InChI=1S/C25H23ClN4O5/c1-3-35-25(33)19-15-18-21(27-20-7-4-5-12-29(20)24(18)32)30(13-6-14-34-2)22(19)28-23(31)16-8-10-17(26)11-9-16/h4-5,7-12,15H,3,6,13-14H2,1-2H3. The largest absolute Gasteiger partial charge is 0.462 e. The second-order valence-electron chi connectivity index (χ2n) is 7.61. The summed E-state index contributed by atoms with van der Waals surface area (Å²) in [7, 11) is 1.57. The van der Waals surface area contributed by atoms with E-state index in [2.05, 4.69) is 9.98 Å². The van der Waals surface area contributed by atoms with Crippen molar-refractivity contribution in [3.63, 3.8) is 0 Å². The molecule has 0 bridgehead atoms. The number of nitrogens with zero attached hydrogens (tertiary/aromatic N) is 4. The number of halogens is 1. The molecule has 0 aliphatic rings. The third-order valence-electron chi connectivity index (χ3n) is 5.31. The van der Waals surface area contributed by atoms with E-state index in [1.165, 1.54) is 10.5 Å². The van der Waals surface area contributed by atoms with Crippen LogP contribution in [0.1, 0.15) is 34.1 Å². The van der Waals surface area contributed by atoms with Gasteiger partial charge in [0.05, 0.1) is 12.0 Å². The number of benzene rings is 1. The number of pyridine rings is 2. The first kappa shape index (κ1) is 24.3. The maximum absolute atomic E-state index is 13.3. The molecule has 180 valence electrons. The number of esters is 1. The Hall–Kier alpha value is -3.82. The van der Waals surface area contributed by atoms with E-state index in [0.717, 1.165) is 0 Å². The Morgan fingerprint density at radius 1 is 1.14 bits per heavy atom. The van der Waals surface area contributed by atoms with Crippen molar-refractivity contribution in [3.8, 4) is 0 Å². The fourth-order valence-corrected chi connectivity index (χ4v) is 3.82. The first-order chi connectivity index (χ1) is 16.9. The van der Waals surface area contributed by atoms with Crippen LogP contribution in [0.5, 0.6) is 0 Å². The molecule has 0 aliphatic carbocycles. The maximum Gasteiger partial charge on any atom is 0.341 e. The minimum absolute atomic E-state index is 0.00568. The van der Waals surface area contributed by atoms with Gasteiger partial charge in [0.15, 0.2) is 5.49 Å². The number of fused-ring (bicyclic) bond motifs is 2. The molecule has 0 spiro atoms. The first-order valence-electron chi connectivity index (χ1n) is 11.0. The van der Waals surface area contributed by atoms with E-state index in [-0.39, 0.29) is 28.6 Å². The average molecular weight is 495 g/mol. The lowest BCUT2D eigenvalue weighted by Gasteiger charge is -2.15. The first-order valence-corrected chi connectivity index (χ1v) is 11.4. The topological polar surface area (TPSA) is 104 Å². The highest BCUT2D eigenvalue weighted by molar-refractivity contribution is 6.30. The number of hydrogen-bond donors (Lipinski definition) is 0. The SMILES string of the molecule is CCOC(=O)c1cc2c(=O)n3ccccc3nc2n(CCCOC)c1=NC(=O)c1ccc(Cl)cc1. The molecule has 0 unspecified atom stereocenters. The van der Waals surface area contributed by atoms with Gasteiger partial charge in [0, 0.05) is 37.0 Å². The lowest BCUT2D eigenvalue weighted by atomic mass is 10.2. The van der Waals surface area contributed by atoms with Crippen molar-refractivity contribution in [3.05, 3.63) is 86.7 Å². The van der Waals surface area contributed by atoms with E-state index in [9.17, 15) is 14.4 Å². The Balaban J connectivity index is 2.08. The van der Waals surface area contributed by atoms with Crippen molar-refractivity contribution in [1.29, 1.82) is 0 Å². The number of hydrogen-bond acceptors (Lipinski definition) is 6. The van der Waals surface area contributed by atoms with Gasteiger partial charge >= 0.3 is 5.97 Å². The van der Waals surface area contributed by atoms with Gasteiger partial charge in [-0.3, -0.25) is 14.0 Å². The van der Waals surface area contributed by atoms with Crippen LogP contribution in [0.2, 0.25) is 5.02 Å². The second kappa shape index (κ2) is 10.6. The fourth-order valence-electron chi connectivity index (χ4n) is 3.69. The molecule has 0 saturated heterocycles. The highest BCUT2D eigenvalue weighted by Crippen LogP contribution is 2.14. The van der Waals surface area contributed by atoms with Crippen LogP contribution in [0.3, 0.4) is 0 Å². The molecule has 3 aromatic heterocycles. The second-order valence-corrected chi connectivity index (χ2v) is 8.04. The summed E-state index contributed by atoms with van der Waals surface area (Å²) in [6.45, 7) is 2.49. The molecule has 35 heavy (non-hydrogen) atoms. The van der Waals surface area contributed by atoms with Gasteiger partial charge in [-0.15, -0.1) is 0 Å². The highest BCUT2D eigenvalue weighted by Gasteiger charge is 2.20. The quantitative estimate of drug-likeness (QED) is 0.222. The normalized spacial score (nSPS) is 11.8. The Morgan fingerprint density at radius 3 is 2.63 bits per heavy atom. The van der Waals surface area contributed by atoms with E-state index in [4.69, 9.17) is 21.1 Å². The van der Waals surface area contributed by atoms with Gasteiger partial charge < -0.3 is 14.0 Å². The number of rotatable bonds is 7. The van der Waals surface area contributed by atoms with E-state index < -0.39 is 11.9 Å². The summed E-state index contributed by atoms with van der Waals surface area (Å²) in [5, 5.41) is 0.678. The molecule has 1 aromatic carbocycles. The summed E-state index contributed by atoms with van der Waals surface area (Å²) in [6, 6.07) is 12.8. The van der Waals surface area contributed by atoms with Crippen molar-refractivity contribution in [1.82, 2.24) is 14.0 Å². The smallest absolute Gasteiger partial charge is 0.341 e. The van der Waals surface area contributed by atoms with Gasteiger partial charge in [-0.2, -0.15) is 4.99 Å². The molecule has 10 heteroatoms. The molecule has 1 amide bonds. The Bertz CT molecular complexity index is 1540. The number of ether oxygens (including phenoxy) is 2. The summed E-state index contributed by atoms with van der Waals surface area (Å²) >= 11 is 5.94. The van der Waals surface area contributed by atoms with Crippen LogP contribution in [-0.2, 0) is 16.0 Å². The number of aryl methyl sites for hydroxylation is 1. The van der Waals surface area contributed by atoms with Crippen molar-refractivity contribution in [2.75, 3.05) is 20.3 Å². The molecule has 4 rings (SSSR count). The van der Waals surface area contributed by atoms with E-state index in [1.54, 1.807) is 67.3 Å². The van der Waals surface area contributed by atoms with Crippen molar-refractivity contribution < 1.29 is 19.1 Å². The van der Waals surface area contributed by atoms with Crippen LogP contribution in [0, 0.1) is 0 Å². The minimum Gasteiger partial charge on any atom is -0.462 e. The van der Waals surface area contributed by atoms with Gasteiger partial charge in [0.1, 0.15) is 16.9 Å². The van der Waals surface area contributed by atoms with Gasteiger partial charge in [-0.25, -0.2) is 9.78 Å². The zero-order valence-electron chi connectivity index (χ0n) is 19.2. The Labute approximate surface area is 205 Å². The highest BCUT2D eigenvalue weighted by atomic mass is 35.5. The summed E-state index contributed by atoms with van der Waals surface area (Å²) in [4.78, 5) is 48.3. The molecular weight excluding hydrogens is 472 g/mol. The van der Waals surface area contributed by atoms with Crippen LogP contribution >= 0.6 is 11.6 Å². The van der Waals surface area contributed by atoms with E-state index in [1.807, 2.05) is 0 Å². The van der Waals surface area contributed by atoms with Gasteiger partial charge in [0.2, 0.25) is 0 Å². The van der Waals surface area contributed by atoms with Crippen molar-refractivity contribution in [2.24, 2.45) is 4.99 Å². The van der Waals surface area contributed by atoms with Gasteiger partial charge in [-0.1, -0.05) is 17.7 Å². The predicted octanol–water partition coefficient (Wildman–Crippen LogP) is 3.26. The molecule has 0 fully saturated rings. The zero-order chi connectivity index (χ0) is 24.9. The van der Waals surface area contributed by atoms with Crippen LogP contribution in [0.4, 0.5) is 0 Å². The number of carbonyl (C=O) groups excluding carboxylic acids is 2. The molecule has 3 heterocycles. The molecule has 0 saturated carbocycles. The minimum atomic E-state index is -0.699. The lowest BCUT2D eigenvalue weighted by Crippen LogP contribution is -2.33. The maximum atomic E-state index is 13.3. The molecule has 9 nitrogen and oxygen atoms in total. The monoisotopic (exact) mass is 494 g/mol. The lowest BCUT2D eigenvalue weighted by molar-refractivity contribution is 0.0523. The number of amides is 1. The molecule has 4 aromatic rings. The zero-order valence-corrected chi connectivity index (χ0v) is 20.0. The third kappa shape index (κ3) is 5.01. The number of aromatic nitrogens is 3. The molecule has 0 radical (unpaired) electrons. The number of carbonyl (C=O) groups is 2. The van der Waals surface area contributed by atoms with Gasteiger partial charge in [-0.05, 0) is 55.8 Å². The number of methoxy groups -OCH3 is 1. The van der Waals surface area contributed by atoms with E-state index >= 15 is 0 Å². The molecule has 0 atom stereocenters. The summed E-state index contributed by atoms with van der Waals surface area (Å²) in [6.07, 6.45) is 2.13. The average Bonchev–Trinajstić information content (AvgIpc) is 2.86. The summed E-state index contributed by atoms with van der Waals surface area (Å²) in [5.41, 5.74) is 0.705. The van der Waals surface area contributed by atoms with Crippen molar-refractivity contribution in [2.45, 2.75) is 19.9 Å². The summed E-state index contributed by atoms with van der Waals surface area (Å²) in [5.74, 6) is -1.28. The third-order valence-corrected chi connectivity index (χ3v) is 5.57. The summed E-state index contributed by atoms with van der Waals surface area (Å²) < 4.78 is 13.4. The molecule has 0 N–H and O–H groups in total. The Morgan fingerprint density at radius 2 is 1.91 bits per heavy atom. The van der Waals surface area contributed by atoms with Crippen LogP contribution in [0.25, 0.3) is 16.7 Å². The fraction of sp³-hybridized carbons (Fsp3) is 0.240. The Kier molecular flexibility index (Phi) is 7.38. The van der Waals surface area contributed by atoms with Gasteiger partial charge in [0.25, 0.3) is 11.5 Å². The predicted molar refractivity (Wildman–Crippen MR) is 131 cm³/mol. The van der Waals surface area contributed by atoms with Crippen molar-refractivity contribution >= 4 is 40.2 Å².